The van der Waals surface area contributed by atoms with Crippen LogP contribution in [0.15, 0.2) is 64.1 Å². The third-order valence-corrected chi connectivity index (χ3v) is 6.58. The van der Waals surface area contributed by atoms with Crippen LogP contribution in [0.2, 0.25) is 5.02 Å². The SMILES string of the molecule is COc1cc2c(cc1OC)C1=[N+](CC2)CC(c2ccc(Br)cc2)=Nc2ccc(Cl)cc21. The maximum Gasteiger partial charge on any atom is 0.217 e. The van der Waals surface area contributed by atoms with E-state index in [2.05, 4.69) is 56.9 Å². The second-order valence-corrected chi connectivity index (χ2v) is 8.96. The molecule has 0 amide bonds. The number of methoxy groups -OCH3 is 2. The number of hydrogen-bond acceptors (Lipinski definition) is 3. The minimum atomic E-state index is 0.695. The number of aliphatic imine (C=N–C) groups is 1. The summed E-state index contributed by atoms with van der Waals surface area (Å²) in [5.41, 5.74) is 7.62. The molecule has 0 radical (unpaired) electrons. The lowest BCUT2D eigenvalue weighted by Crippen LogP contribution is -2.33. The van der Waals surface area contributed by atoms with Crippen LogP contribution < -0.4 is 9.47 Å². The van der Waals surface area contributed by atoms with Crippen molar-refractivity contribution in [2.45, 2.75) is 6.42 Å². The summed E-state index contributed by atoms with van der Waals surface area (Å²) in [6.07, 6.45) is 0.919. The highest BCUT2D eigenvalue weighted by molar-refractivity contribution is 9.10. The van der Waals surface area contributed by atoms with Gasteiger partial charge in [-0.3, -0.25) is 0 Å². The zero-order valence-electron chi connectivity index (χ0n) is 17.3. The van der Waals surface area contributed by atoms with E-state index in [4.69, 9.17) is 26.1 Å². The van der Waals surface area contributed by atoms with Gasteiger partial charge in [0.1, 0.15) is 12.3 Å². The van der Waals surface area contributed by atoms with Gasteiger partial charge in [-0.15, -0.1) is 0 Å². The Morgan fingerprint density at radius 3 is 2.42 bits per heavy atom. The average molecular weight is 497 g/mol. The van der Waals surface area contributed by atoms with E-state index in [0.717, 1.165) is 69.3 Å². The number of ether oxygens (including phenoxy) is 2. The van der Waals surface area contributed by atoms with Crippen molar-refractivity contribution in [3.05, 3.63) is 86.3 Å². The van der Waals surface area contributed by atoms with E-state index in [9.17, 15) is 0 Å². The predicted octanol–water partition coefficient (Wildman–Crippen LogP) is 5.66. The molecule has 0 saturated carbocycles. The van der Waals surface area contributed by atoms with E-state index in [0.29, 0.717) is 5.02 Å². The number of nitrogens with zero attached hydrogens (tertiary/aromatic N) is 2. The van der Waals surface area contributed by atoms with Crippen molar-refractivity contribution in [2.75, 3.05) is 27.3 Å². The number of fused-ring (bicyclic) bond motifs is 4. The lowest BCUT2D eigenvalue weighted by atomic mass is 9.91. The summed E-state index contributed by atoms with van der Waals surface area (Å²) in [5, 5.41) is 0.695. The molecular formula is C25H21BrClN2O2+. The van der Waals surface area contributed by atoms with E-state index in [1.165, 1.54) is 5.56 Å². The summed E-state index contributed by atoms with van der Waals surface area (Å²) < 4.78 is 14.6. The van der Waals surface area contributed by atoms with Gasteiger partial charge in [0.25, 0.3) is 0 Å². The van der Waals surface area contributed by atoms with Crippen LogP contribution in [0.4, 0.5) is 5.69 Å². The van der Waals surface area contributed by atoms with Gasteiger partial charge in [-0.2, -0.15) is 0 Å². The van der Waals surface area contributed by atoms with E-state index in [1.807, 2.05) is 18.2 Å². The summed E-state index contributed by atoms with van der Waals surface area (Å²) in [4.78, 5) is 5.08. The van der Waals surface area contributed by atoms with Crippen LogP contribution in [0.25, 0.3) is 0 Å². The molecule has 0 atom stereocenters. The second-order valence-electron chi connectivity index (χ2n) is 7.61. The molecule has 2 aliphatic heterocycles. The highest BCUT2D eigenvalue weighted by atomic mass is 79.9. The standard InChI is InChI=1S/C25H21BrClN2O2/c1-30-23-11-16-9-10-29-14-22(15-3-5-17(26)6-4-15)28-21-8-7-18(27)12-20(21)25(29)19(16)13-24(23)31-2/h3-8,11-13H,9-10,14H2,1-2H3/q+1. The average Bonchev–Trinajstić information content (AvgIpc) is 2.95. The maximum absolute atomic E-state index is 6.44. The molecule has 0 fully saturated rings. The van der Waals surface area contributed by atoms with Crippen molar-refractivity contribution < 1.29 is 14.0 Å². The fourth-order valence-electron chi connectivity index (χ4n) is 4.31. The molecular weight excluding hydrogens is 476 g/mol. The van der Waals surface area contributed by atoms with Crippen LogP contribution in [0, 0.1) is 0 Å². The third-order valence-electron chi connectivity index (χ3n) is 5.82. The second kappa shape index (κ2) is 8.13. The predicted molar refractivity (Wildman–Crippen MR) is 128 cm³/mol. The molecule has 2 heterocycles. The smallest absolute Gasteiger partial charge is 0.217 e. The highest BCUT2D eigenvalue weighted by Crippen LogP contribution is 2.37. The van der Waals surface area contributed by atoms with E-state index < -0.39 is 0 Å². The molecule has 0 bridgehead atoms. The molecule has 0 N–H and O–H groups in total. The Bertz CT molecular complexity index is 1250. The van der Waals surface area contributed by atoms with Crippen molar-refractivity contribution in [3.63, 3.8) is 0 Å². The number of hydrogen-bond donors (Lipinski definition) is 0. The van der Waals surface area contributed by atoms with Gasteiger partial charge < -0.3 is 9.47 Å². The normalized spacial score (nSPS) is 14.8. The summed E-state index contributed by atoms with van der Waals surface area (Å²) in [7, 11) is 3.34. The topological polar surface area (TPSA) is 33.8 Å². The van der Waals surface area contributed by atoms with E-state index in [-0.39, 0.29) is 0 Å². The van der Waals surface area contributed by atoms with E-state index >= 15 is 0 Å². The Hall–Kier alpha value is -2.63. The quantitative estimate of drug-likeness (QED) is 0.439. The van der Waals surface area contributed by atoms with Crippen molar-refractivity contribution in [1.82, 2.24) is 0 Å². The third kappa shape index (κ3) is 3.66. The zero-order chi connectivity index (χ0) is 21.5. The Labute approximate surface area is 194 Å². The minimum absolute atomic E-state index is 0.695. The molecule has 3 aromatic carbocycles. The Morgan fingerprint density at radius 2 is 1.68 bits per heavy atom. The molecule has 6 heteroatoms. The molecule has 156 valence electrons. The van der Waals surface area contributed by atoms with Gasteiger partial charge in [0.2, 0.25) is 5.71 Å². The summed E-state index contributed by atoms with van der Waals surface area (Å²) in [6.45, 7) is 1.61. The van der Waals surface area contributed by atoms with Gasteiger partial charge in [0.15, 0.2) is 18.0 Å². The van der Waals surface area contributed by atoms with Crippen LogP contribution >= 0.6 is 27.5 Å². The first-order valence-corrected chi connectivity index (χ1v) is 11.2. The fraction of sp³-hybridized carbons (Fsp3) is 0.200. The number of rotatable bonds is 3. The van der Waals surface area contributed by atoms with Gasteiger partial charge in [0, 0.05) is 21.5 Å². The molecule has 3 aromatic rings. The molecule has 0 aromatic heterocycles. The molecule has 4 nitrogen and oxygen atoms in total. The van der Waals surface area contributed by atoms with Crippen molar-refractivity contribution in [3.8, 4) is 11.5 Å². The van der Waals surface area contributed by atoms with Crippen LogP contribution in [0.1, 0.15) is 22.3 Å². The van der Waals surface area contributed by atoms with Crippen molar-refractivity contribution in [1.29, 1.82) is 0 Å². The van der Waals surface area contributed by atoms with Crippen molar-refractivity contribution in [2.24, 2.45) is 4.99 Å². The monoisotopic (exact) mass is 495 g/mol. The Balaban J connectivity index is 1.74. The van der Waals surface area contributed by atoms with Crippen LogP contribution in [-0.2, 0) is 6.42 Å². The molecule has 0 unspecified atom stereocenters. The first-order valence-electron chi connectivity index (χ1n) is 10.1. The minimum Gasteiger partial charge on any atom is -0.493 e. The first-order chi connectivity index (χ1) is 15.1. The molecule has 0 saturated heterocycles. The Kier molecular flexibility index (Phi) is 5.32. The van der Waals surface area contributed by atoms with Gasteiger partial charge in [-0.1, -0.05) is 39.7 Å². The van der Waals surface area contributed by atoms with E-state index in [1.54, 1.807) is 14.2 Å². The molecule has 31 heavy (non-hydrogen) atoms. The van der Waals surface area contributed by atoms with Crippen LogP contribution in [0.5, 0.6) is 11.5 Å². The lowest BCUT2D eigenvalue weighted by Gasteiger charge is -2.20. The first kappa shape index (κ1) is 20.3. The van der Waals surface area contributed by atoms with Gasteiger partial charge in [-0.25, -0.2) is 9.57 Å². The Morgan fingerprint density at radius 1 is 0.935 bits per heavy atom. The fourth-order valence-corrected chi connectivity index (χ4v) is 4.75. The van der Waals surface area contributed by atoms with Gasteiger partial charge in [0.05, 0.1) is 31.0 Å². The highest BCUT2D eigenvalue weighted by Gasteiger charge is 2.33. The lowest BCUT2D eigenvalue weighted by molar-refractivity contribution is -0.512. The number of halogens is 2. The number of benzene rings is 3. The maximum atomic E-state index is 6.44. The molecule has 0 spiro atoms. The summed E-state index contributed by atoms with van der Waals surface area (Å²) >= 11 is 9.96. The van der Waals surface area contributed by atoms with Gasteiger partial charge >= 0.3 is 0 Å². The summed E-state index contributed by atoms with van der Waals surface area (Å²) in [6, 6.07) is 18.4. The molecule has 5 rings (SSSR count). The zero-order valence-corrected chi connectivity index (χ0v) is 19.6. The molecule has 0 aliphatic carbocycles. The van der Waals surface area contributed by atoms with Crippen LogP contribution in [-0.4, -0.2) is 43.3 Å². The van der Waals surface area contributed by atoms with Crippen LogP contribution in [0.3, 0.4) is 0 Å². The van der Waals surface area contributed by atoms with Crippen molar-refractivity contribution >= 4 is 44.6 Å². The van der Waals surface area contributed by atoms with Gasteiger partial charge in [-0.05, 0) is 48.0 Å². The summed E-state index contributed by atoms with van der Waals surface area (Å²) in [5.74, 6) is 1.47. The molecule has 2 aliphatic rings. The largest absolute Gasteiger partial charge is 0.493 e.